The van der Waals surface area contributed by atoms with Crippen LogP contribution in [0.3, 0.4) is 0 Å². The zero-order valence-corrected chi connectivity index (χ0v) is 12.7. The SMILES string of the molecule is CCCOc1ccc(O)cc1.NCC[Se]CCN. The summed E-state index contributed by atoms with van der Waals surface area (Å²) >= 11 is 0.726. The number of benzene rings is 1. The molecular weight excluding hydrogens is 295 g/mol. The van der Waals surface area contributed by atoms with Gasteiger partial charge in [0.2, 0.25) is 0 Å². The molecule has 0 unspecified atom stereocenters. The first-order valence-electron chi connectivity index (χ1n) is 6.14. The summed E-state index contributed by atoms with van der Waals surface area (Å²) < 4.78 is 5.30. The van der Waals surface area contributed by atoms with Crippen LogP contribution in [0.2, 0.25) is 10.6 Å². The molecular formula is C13H24N2O2Se. The van der Waals surface area contributed by atoms with Gasteiger partial charge in [-0.25, -0.2) is 0 Å². The summed E-state index contributed by atoms with van der Waals surface area (Å²) in [7, 11) is 0. The van der Waals surface area contributed by atoms with Gasteiger partial charge >= 0.3 is 50.2 Å². The zero-order chi connectivity index (χ0) is 13.6. The van der Waals surface area contributed by atoms with Crippen molar-refractivity contribution in [1.29, 1.82) is 0 Å². The van der Waals surface area contributed by atoms with Crippen molar-refractivity contribution in [1.82, 2.24) is 0 Å². The van der Waals surface area contributed by atoms with E-state index in [9.17, 15) is 0 Å². The van der Waals surface area contributed by atoms with Gasteiger partial charge < -0.3 is 9.84 Å². The fourth-order valence-electron chi connectivity index (χ4n) is 1.03. The average Bonchev–Trinajstić information content (AvgIpc) is 2.40. The topological polar surface area (TPSA) is 81.5 Å². The number of hydrogen-bond acceptors (Lipinski definition) is 4. The van der Waals surface area contributed by atoms with Gasteiger partial charge in [-0.2, -0.15) is 0 Å². The third kappa shape index (κ3) is 10.4. The summed E-state index contributed by atoms with van der Waals surface area (Å²) in [6, 6.07) is 6.74. The van der Waals surface area contributed by atoms with Crippen molar-refractivity contribution >= 4 is 15.0 Å². The molecule has 0 spiro atoms. The van der Waals surface area contributed by atoms with E-state index in [-0.39, 0.29) is 5.75 Å². The van der Waals surface area contributed by atoms with Crippen LogP contribution in [-0.4, -0.2) is 39.8 Å². The maximum absolute atomic E-state index is 8.93. The minimum absolute atomic E-state index is 0.272. The first-order valence-corrected chi connectivity index (χ1v) is 8.56. The number of hydrogen-bond donors (Lipinski definition) is 3. The Morgan fingerprint density at radius 3 is 2.11 bits per heavy atom. The molecule has 5 heteroatoms. The molecule has 0 aromatic heterocycles. The van der Waals surface area contributed by atoms with Gasteiger partial charge in [0.1, 0.15) is 11.5 Å². The molecule has 104 valence electrons. The van der Waals surface area contributed by atoms with E-state index in [0.717, 1.165) is 46.8 Å². The Balaban J connectivity index is 0.000000360. The molecule has 0 saturated carbocycles. The van der Waals surface area contributed by atoms with Gasteiger partial charge in [0, 0.05) is 0 Å². The molecule has 0 fully saturated rings. The fourth-order valence-corrected chi connectivity index (χ4v) is 2.16. The first-order chi connectivity index (χ1) is 8.74. The number of phenols is 1. The first kappa shape index (κ1) is 17.3. The van der Waals surface area contributed by atoms with Crippen LogP contribution in [0.25, 0.3) is 0 Å². The van der Waals surface area contributed by atoms with Gasteiger partial charge in [-0.05, 0) is 30.7 Å². The molecule has 1 aromatic carbocycles. The summed E-state index contributed by atoms with van der Waals surface area (Å²) in [6.45, 7) is 4.45. The normalized spacial score (nSPS) is 9.50. The predicted octanol–water partition coefficient (Wildman–Crippen LogP) is 1.63. The van der Waals surface area contributed by atoms with Crippen LogP contribution in [-0.2, 0) is 0 Å². The number of aromatic hydroxyl groups is 1. The third-order valence-corrected chi connectivity index (χ3v) is 4.03. The maximum atomic E-state index is 8.93. The van der Waals surface area contributed by atoms with Crippen molar-refractivity contribution in [3.63, 3.8) is 0 Å². The van der Waals surface area contributed by atoms with E-state index in [0.29, 0.717) is 0 Å². The van der Waals surface area contributed by atoms with Crippen molar-refractivity contribution < 1.29 is 9.84 Å². The van der Waals surface area contributed by atoms with E-state index >= 15 is 0 Å². The molecule has 1 aromatic rings. The molecule has 0 aliphatic carbocycles. The molecule has 18 heavy (non-hydrogen) atoms. The molecule has 0 saturated heterocycles. The monoisotopic (exact) mass is 320 g/mol. The summed E-state index contributed by atoms with van der Waals surface area (Å²) in [5.41, 5.74) is 10.5. The molecule has 0 radical (unpaired) electrons. The van der Waals surface area contributed by atoms with Gasteiger partial charge in [0.15, 0.2) is 0 Å². The Kier molecular flexibility index (Phi) is 12.2. The fraction of sp³-hybridized carbons (Fsp3) is 0.538. The van der Waals surface area contributed by atoms with Crippen LogP contribution in [0, 0.1) is 0 Å². The van der Waals surface area contributed by atoms with Crippen molar-refractivity contribution in [2.45, 2.75) is 24.0 Å². The Bertz CT molecular complexity index is 277. The third-order valence-electron chi connectivity index (χ3n) is 1.83. The van der Waals surface area contributed by atoms with Gasteiger partial charge in [0.25, 0.3) is 0 Å². The van der Waals surface area contributed by atoms with Crippen LogP contribution >= 0.6 is 0 Å². The molecule has 0 aliphatic heterocycles. The zero-order valence-electron chi connectivity index (χ0n) is 11.0. The molecule has 1 rings (SSSR count). The molecule has 0 heterocycles. The number of ether oxygens (including phenoxy) is 1. The van der Waals surface area contributed by atoms with Crippen molar-refractivity contribution in [3.8, 4) is 11.5 Å². The van der Waals surface area contributed by atoms with Crippen LogP contribution in [0.15, 0.2) is 24.3 Å². The summed E-state index contributed by atoms with van der Waals surface area (Å²) in [6.07, 6.45) is 1.00. The average molecular weight is 319 g/mol. The number of rotatable bonds is 7. The van der Waals surface area contributed by atoms with Gasteiger partial charge in [0.05, 0.1) is 6.61 Å². The second-order valence-corrected chi connectivity index (χ2v) is 6.10. The Morgan fingerprint density at radius 2 is 1.67 bits per heavy atom. The molecule has 0 atom stereocenters. The van der Waals surface area contributed by atoms with E-state index in [1.165, 1.54) is 10.6 Å². The van der Waals surface area contributed by atoms with Gasteiger partial charge in [-0.1, -0.05) is 6.92 Å². The Morgan fingerprint density at radius 1 is 1.11 bits per heavy atom. The van der Waals surface area contributed by atoms with Crippen molar-refractivity contribution in [3.05, 3.63) is 24.3 Å². The van der Waals surface area contributed by atoms with Crippen molar-refractivity contribution in [2.24, 2.45) is 11.5 Å². The second-order valence-electron chi connectivity index (χ2n) is 3.53. The van der Waals surface area contributed by atoms with Crippen LogP contribution in [0.1, 0.15) is 13.3 Å². The minimum atomic E-state index is 0.272. The van der Waals surface area contributed by atoms with E-state index in [1.54, 1.807) is 24.3 Å². The van der Waals surface area contributed by atoms with Crippen molar-refractivity contribution in [2.75, 3.05) is 19.7 Å². The van der Waals surface area contributed by atoms with E-state index < -0.39 is 0 Å². The van der Waals surface area contributed by atoms with Crippen LogP contribution in [0.4, 0.5) is 0 Å². The van der Waals surface area contributed by atoms with Gasteiger partial charge in [-0.3, -0.25) is 0 Å². The summed E-state index contributed by atoms with van der Waals surface area (Å²) in [5.74, 6) is 1.08. The Hall–Kier alpha value is -0.741. The number of nitrogens with two attached hydrogens (primary N) is 2. The molecule has 0 amide bonds. The standard InChI is InChI=1S/C9H12O2.C4H12N2Se/c1-2-7-11-9-5-3-8(10)4-6-9;5-1-3-7-4-2-6/h3-6,10H,2,7H2,1H3;1-6H2. The van der Waals surface area contributed by atoms with Crippen LogP contribution in [0.5, 0.6) is 11.5 Å². The van der Waals surface area contributed by atoms with E-state index in [2.05, 4.69) is 6.92 Å². The van der Waals surface area contributed by atoms with Gasteiger partial charge in [-0.15, -0.1) is 0 Å². The van der Waals surface area contributed by atoms with E-state index in [1.807, 2.05) is 0 Å². The predicted molar refractivity (Wildman–Crippen MR) is 77.4 cm³/mol. The van der Waals surface area contributed by atoms with Crippen LogP contribution < -0.4 is 16.2 Å². The summed E-state index contributed by atoms with van der Waals surface area (Å²) in [4.78, 5) is 0. The molecule has 0 bridgehead atoms. The molecule has 4 nitrogen and oxygen atoms in total. The second kappa shape index (κ2) is 12.7. The Labute approximate surface area is 116 Å². The van der Waals surface area contributed by atoms with E-state index in [4.69, 9.17) is 21.3 Å². The molecule has 0 aliphatic rings. The summed E-state index contributed by atoms with van der Waals surface area (Å²) in [5, 5.41) is 11.3. The molecule has 5 N–H and O–H groups in total. The quantitative estimate of drug-likeness (QED) is 0.527. The number of phenolic OH excluding ortho intramolecular Hbond substituents is 1.